The minimum Gasteiger partial charge on any atom is -0.484 e. The molecule has 2 aliphatic rings. The van der Waals surface area contributed by atoms with Gasteiger partial charge in [-0.05, 0) is 25.0 Å². The first kappa shape index (κ1) is 16.7. The second-order valence-electron chi connectivity index (χ2n) is 6.39. The van der Waals surface area contributed by atoms with Crippen molar-refractivity contribution in [3.63, 3.8) is 0 Å². The van der Waals surface area contributed by atoms with Gasteiger partial charge in [0.25, 0.3) is 5.91 Å². The molecule has 6 nitrogen and oxygen atoms in total. The Morgan fingerprint density at radius 2 is 2.12 bits per heavy atom. The Bertz CT molecular complexity index is 629. The van der Waals surface area contributed by atoms with Crippen LogP contribution in [-0.2, 0) is 14.3 Å². The molecule has 1 N–H and O–H groups in total. The third-order valence-corrected chi connectivity index (χ3v) is 4.95. The minimum atomic E-state index is -0.877. The normalized spacial score (nSPS) is 22.5. The average Bonchev–Trinajstić information content (AvgIpc) is 2.92. The van der Waals surface area contributed by atoms with Crippen LogP contribution in [0.15, 0.2) is 24.3 Å². The molecule has 130 valence electrons. The molecule has 1 spiro atoms. The molecule has 2 fully saturated rings. The number of amides is 1. The predicted octanol–water partition coefficient (Wildman–Crippen LogP) is 1.54. The van der Waals surface area contributed by atoms with Gasteiger partial charge < -0.3 is 19.5 Å². The van der Waals surface area contributed by atoms with Gasteiger partial charge in [0.05, 0.1) is 5.92 Å². The van der Waals surface area contributed by atoms with Gasteiger partial charge in [-0.1, -0.05) is 6.07 Å². The fourth-order valence-electron chi connectivity index (χ4n) is 3.58. The number of ether oxygens (including phenoxy) is 2. The summed E-state index contributed by atoms with van der Waals surface area (Å²) in [4.78, 5) is 25.5. The molecule has 0 radical (unpaired) electrons. The van der Waals surface area contributed by atoms with Gasteiger partial charge in [0, 0.05) is 37.8 Å². The van der Waals surface area contributed by atoms with Gasteiger partial charge in [0.15, 0.2) is 6.61 Å². The van der Waals surface area contributed by atoms with Crippen LogP contribution in [0.3, 0.4) is 0 Å². The van der Waals surface area contributed by atoms with Crippen LogP contribution in [-0.4, -0.2) is 54.8 Å². The third-order valence-electron chi connectivity index (χ3n) is 4.95. The molecule has 1 atom stereocenters. The number of carbonyl (C=O) groups is 2. The number of likely N-dealkylation sites (tertiary alicyclic amines) is 1. The summed E-state index contributed by atoms with van der Waals surface area (Å²) in [6.45, 7) is 1.39. The van der Waals surface area contributed by atoms with Gasteiger partial charge in [-0.3, -0.25) is 9.59 Å². The molecule has 0 saturated carbocycles. The second kappa shape index (κ2) is 6.76. The molecule has 1 aromatic carbocycles. The highest BCUT2D eigenvalue weighted by Crippen LogP contribution is 2.44. The van der Waals surface area contributed by atoms with Crippen molar-refractivity contribution in [2.24, 2.45) is 11.3 Å². The molecular formula is C17H20FNO5. The molecule has 24 heavy (non-hydrogen) atoms. The highest BCUT2D eigenvalue weighted by molar-refractivity contribution is 5.80. The fourth-order valence-corrected chi connectivity index (χ4v) is 3.58. The lowest BCUT2D eigenvalue weighted by Gasteiger charge is -2.36. The molecule has 2 aliphatic heterocycles. The maximum Gasteiger partial charge on any atom is 0.308 e. The van der Waals surface area contributed by atoms with Gasteiger partial charge in [-0.2, -0.15) is 0 Å². The standard InChI is InChI=1S/C17H20FNO5/c18-12-2-1-3-13(8-12)24-10-15(20)19-9-14(16(21)22)17(11-19)4-6-23-7-5-17/h1-3,8,14H,4-7,9-11H2,(H,21,22). The van der Waals surface area contributed by atoms with Crippen molar-refractivity contribution in [2.75, 3.05) is 32.9 Å². The van der Waals surface area contributed by atoms with E-state index in [1.807, 2.05) is 0 Å². The lowest BCUT2D eigenvalue weighted by molar-refractivity contribution is -0.146. The van der Waals surface area contributed by atoms with E-state index in [0.717, 1.165) is 0 Å². The van der Waals surface area contributed by atoms with Crippen molar-refractivity contribution in [1.29, 1.82) is 0 Å². The molecule has 2 saturated heterocycles. The SMILES string of the molecule is O=C(O)C1CN(C(=O)COc2cccc(F)c2)CC12CCOCC2. The van der Waals surface area contributed by atoms with Crippen molar-refractivity contribution >= 4 is 11.9 Å². The van der Waals surface area contributed by atoms with Crippen LogP contribution >= 0.6 is 0 Å². The number of carboxylic acid groups (broad SMARTS) is 1. The van der Waals surface area contributed by atoms with Crippen LogP contribution in [0, 0.1) is 17.2 Å². The Morgan fingerprint density at radius 3 is 2.79 bits per heavy atom. The first-order valence-corrected chi connectivity index (χ1v) is 7.97. The van der Waals surface area contributed by atoms with E-state index in [1.54, 1.807) is 11.0 Å². The van der Waals surface area contributed by atoms with Gasteiger partial charge in [-0.25, -0.2) is 4.39 Å². The zero-order valence-electron chi connectivity index (χ0n) is 13.2. The van der Waals surface area contributed by atoms with E-state index >= 15 is 0 Å². The second-order valence-corrected chi connectivity index (χ2v) is 6.39. The van der Waals surface area contributed by atoms with Crippen LogP contribution in [0.25, 0.3) is 0 Å². The number of aliphatic carboxylic acids is 1. The molecule has 1 unspecified atom stereocenters. The molecule has 0 aliphatic carbocycles. The Morgan fingerprint density at radius 1 is 1.38 bits per heavy atom. The number of carbonyl (C=O) groups excluding carboxylic acids is 1. The third kappa shape index (κ3) is 3.36. The zero-order valence-corrected chi connectivity index (χ0v) is 13.2. The van der Waals surface area contributed by atoms with E-state index in [1.165, 1.54) is 18.2 Å². The van der Waals surface area contributed by atoms with E-state index in [4.69, 9.17) is 9.47 Å². The number of halogens is 1. The van der Waals surface area contributed by atoms with Crippen LogP contribution in [0.1, 0.15) is 12.8 Å². The molecule has 1 aromatic rings. The first-order valence-electron chi connectivity index (χ1n) is 7.97. The predicted molar refractivity (Wildman–Crippen MR) is 82.1 cm³/mol. The van der Waals surface area contributed by atoms with E-state index in [-0.39, 0.29) is 24.8 Å². The summed E-state index contributed by atoms with van der Waals surface area (Å²) in [6, 6.07) is 5.57. The van der Waals surface area contributed by atoms with Crippen molar-refractivity contribution < 1.29 is 28.6 Å². The average molecular weight is 337 g/mol. The van der Waals surface area contributed by atoms with E-state index in [0.29, 0.717) is 32.6 Å². The van der Waals surface area contributed by atoms with Gasteiger partial charge in [0.1, 0.15) is 11.6 Å². The van der Waals surface area contributed by atoms with Gasteiger partial charge in [-0.15, -0.1) is 0 Å². The van der Waals surface area contributed by atoms with Crippen molar-refractivity contribution in [1.82, 2.24) is 4.90 Å². The molecule has 7 heteroatoms. The molecule has 2 heterocycles. The molecule has 0 bridgehead atoms. The smallest absolute Gasteiger partial charge is 0.308 e. The van der Waals surface area contributed by atoms with Crippen LogP contribution < -0.4 is 4.74 Å². The van der Waals surface area contributed by atoms with E-state index in [9.17, 15) is 19.1 Å². The molecule has 0 aromatic heterocycles. The monoisotopic (exact) mass is 337 g/mol. The Hall–Kier alpha value is -2.15. The topological polar surface area (TPSA) is 76.1 Å². The number of hydrogen-bond acceptors (Lipinski definition) is 4. The quantitative estimate of drug-likeness (QED) is 0.902. The molecular weight excluding hydrogens is 317 g/mol. The minimum absolute atomic E-state index is 0.181. The highest BCUT2D eigenvalue weighted by atomic mass is 19.1. The van der Waals surface area contributed by atoms with Gasteiger partial charge >= 0.3 is 5.97 Å². The number of carboxylic acids is 1. The highest BCUT2D eigenvalue weighted by Gasteiger charge is 2.51. The van der Waals surface area contributed by atoms with Crippen molar-refractivity contribution in [3.8, 4) is 5.75 Å². The van der Waals surface area contributed by atoms with E-state index in [2.05, 4.69) is 0 Å². The van der Waals surface area contributed by atoms with E-state index < -0.39 is 23.1 Å². The van der Waals surface area contributed by atoms with Gasteiger partial charge in [0.2, 0.25) is 0 Å². The summed E-state index contributed by atoms with van der Waals surface area (Å²) in [5.41, 5.74) is -0.418. The van der Waals surface area contributed by atoms with Crippen molar-refractivity contribution in [2.45, 2.75) is 12.8 Å². The first-order chi connectivity index (χ1) is 11.5. The summed E-state index contributed by atoms with van der Waals surface area (Å²) in [6.07, 6.45) is 1.27. The zero-order chi connectivity index (χ0) is 17.2. The van der Waals surface area contributed by atoms with Crippen molar-refractivity contribution in [3.05, 3.63) is 30.1 Å². The maximum absolute atomic E-state index is 13.1. The Balaban J connectivity index is 1.64. The summed E-state index contributed by atoms with van der Waals surface area (Å²) in [5.74, 6) is -1.90. The number of benzene rings is 1. The Kier molecular flexibility index (Phi) is 4.71. The number of hydrogen-bond donors (Lipinski definition) is 1. The number of nitrogens with zero attached hydrogens (tertiary/aromatic N) is 1. The molecule has 3 rings (SSSR count). The summed E-state index contributed by atoms with van der Waals surface area (Å²) in [5, 5.41) is 9.52. The Labute approximate surface area is 139 Å². The fraction of sp³-hybridized carbons (Fsp3) is 0.529. The van der Waals surface area contributed by atoms with Crippen LogP contribution in [0.4, 0.5) is 4.39 Å². The van der Waals surface area contributed by atoms with Crippen LogP contribution in [0.2, 0.25) is 0 Å². The maximum atomic E-state index is 13.1. The summed E-state index contributed by atoms with van der Waals surface area (Å²) in [7, 11) is 0. The largest absolute Gasteiger partial charge is 0.484 e. The van der Waals surface area contributed by atoms with Crippen LogP contribution in [0.5, 0.6) is 5.75 Å². The number of rotatable bonds is 4. The molecule has 1 amide bonds. The summed E-state index contributed by atoms with van der Waals surface area (Å²) < 4.78 is 23.8. The summed E-state index contributed by atoms with van der Waals surface area (Å²) >= 11 is 0. The lowest BCUT2D eigenvalue weighted by Crippen LogP contribution is -2.40. The lowest BCUT2D eigenvalue weighted by atomic mass is 9.72.